The minimum atomic E-state index is -4.44. The second-order valence-electron chi connectivity index (χ2n) is 7.06. The molecule has 28 heavy (non-hydrogen) atoms. The van der Waals surface area contributed by atoms with E-state index in [4.69, 9.17) is 4.98 Å². The highest BCUT2D eigenvalue weighted by atomic mass is 19.4. The highest BCUT2D eigenvalue weighted by Crippen LogP contribution is 2.36. The molecule has 0 bridgehead atoms. The van der Waals surface area contributed by atoms with Crippen molar-refractivity contribution in [1.29, 1.82) is 0 Å². The second-order valence-corrected chi connectivity index (χ2v) is 7.06. The first-order valence-corrected chi connectivity index (χ1v) is 9.31. The number of imidazole rings is 1. The van der Waals surface area contributed by atoms with Crippen LogP contribution < -0.4 is 4.90 Å². The number of hydrogen-bond donors (Lipinski definition) is 0. The fourth-order valence-electron chi connectivity index (χ4n) is 3.84. The van der Waals surface area contributed by atoms with Crippen molar-refractivity contribution in [2.45, 2.75) is 38.4 Å². The summed E-state index contributed by atoms with van der Waals surface area (Å²) in [5.74, 6) is 0.492. The van der Waals surface area contributed by atoms with E-state index in [1.165, 1.54) is 11.0 Å². The van der Waals surface area contributed by atoms with E-state index < -0.39 is 11.7 Å². The number of halogens is 3. The van der Waals surface area contributed by atoms with Crippen LogP contribution in [0, 0.1) is 0 Å². The number of carbonyl (C=O) groups excluding carboxylic acids is 1. The summed E-state index contributed by atoms with van der Waals surface area (Å²) in [6.45, 7) is 3.19. The van der Waals surface area contributed by atoms with Crippen LogP contribution in [0.3, 0.4) is 0 Å². The van der Waals surface area contributed by atoms with Gasteiger partial charge in [-0.1, -0.05) is 25.1 Å². The smallest absolute Gasteiger partial charge is 0.328 e. The molecule has 1 aliphatic rings. The number of para-hydroxylation sites is 2. The predicted octanol–water partition coefficient (Wildman–Crippen LogP) is 4.99. The van der Waals surface area contributed by atoms with Crippen LogP contribution in [0.5, 0.6) is 0 Å². The summed E-state index contributed by atoms with van der Waals surface area (Å²) in [7, 11) is 0. The molecule has 1 aliphatic heterocycles. The first-order chi connectivity index (χ1) is 13.4. The molecule has 4 nitrogen and oxygen atoms in total. The lowest BCUT2D eigenvalue weighted by atomic mass is 10.1. The van der Waals surface area contributed by atoms with Gasteiger partial charge in [0.2, 0.25) is 5.91 Å². The van der Waals surface area contributed by atoms with Crippen LogP contribution in [-0.4, -0.2) is 22.0 Å². The molecule has 7 heteroatoms. The number of carbonyl (C=O) groups is 1. The number of nitrogens with zero attached hydrogens (tertiary/aromatic N) is 3. The zero-order valence-electron chi connectivity index (χ0n) is 15.4. The third kappa shape index (κ3) is 3.25. The van der Waals surface area contributed by atoms with Crippen molar-refractivity contribution in [2.75, 3.05) is 11.4 Å². The maximum absolute atomic E-state index is 13.0. The van der Waals surface area contributed by atoms with E-state index in [2.05, 4.69) is 11.5 Å². The summed E-state index contributed by atoms with van der Waals surface area (Å²) >= 11 is 0. The van der Waals surface area contributed by atoms with Crippen molar-refractivity contribution in [2.24, 2.45) is 0 Å². The van der Waals surface area contributed by atoms with Gasteiger partial charge in [0.15, 0.2) is 0 Å². The van der Waals surface area contributed by atoms with Crippen molar-refractivity contribution in [1.82, 2.24) is 9.55 Å². The Morgan fingerprint density at radius 2 is 1.93 bits per heavy atom. The maximum Gasteiger partial charge on any atom is 0.416 e. The molecule has 146 valence electrons. The molecule has 0 aliphatic carbocycles. The molecule has 4 rings (SSSR count). The van der Waals surface area contributed by atoms with Gasteiger partial charge >= 0.3 is 6.18 Å². The minimum Gasteiger partial charge on any atom is -0.328 e. The van der Waals surface area contributed by atoms with Gasteiger partial charge in [-0.15, -0.1) is 0 Å². The SMILES string of the molecule is CCCn1c([C@@H]2CC(=O)N(c3cccc(C(F)(F)F)c3)C2)nc2ccccc21. The van der Waals surface area contributed by atoms with E-state index in [0.29, 0.717) is 6.54 Å². The maximum atomic E-state index is 13.0. The van der Waals surface area contributed by atoms with Gasteiger partial charge in [-0.3, -0.25) is 4.79 Å². The molecule has 2 aromatic carbocycles. The lowest BCUT2D eigenvalue weighted by Gasteiger charge is -2.19. The number of aryl methyl sites for hydroxylation is 1. The van der Waals surface area contributed by atoms with E-state index in [-0.39, 0.29) is 23.9 Å². The predicted molar refractivity (Wildman–Crippen MR) is 101 cm³/mol. The van der Waals surface area contributed by atoms with Gasteiger partial charge in [-0.25, -0.2) is 4.98 Å². The fourth-order valence-corrected chi connectivity index (χ4v) is 3.84. The van der Waals surface area contributed by atoms with E-state index in [0.717, 1.165) is 42.0 Å². The number of fused-ring (bicyclic) bond motifs is 1. The summed E-state index contributed by atoms with van der Waals surface area (Å²) in [6, 6.07) is 12.8. The van der Waals surface area contributed by atoms with E-state index in [1.807, 2.05) is 24.3 Å². The molecule has 0 unspecified atom stereocenters. The molecule has 1 atom stereocenters. The number of hydrogen-bond acceptors (Lipinski definition) is 2. The van der Waals surface area contributed by atoms with Crippen molar-refractivity contribution < 1.29 is 18.0 Å². The average molecular weight is 387 g/mol. The zero-order valence-corrected chi connectivity index (χ0v) is 15.4. The largest absolute Gasteiger partial charge is 0.416 e. The van der Waals surface area contributed by atoms with Crippen LogP contribution in [0.25, 0.3) is 11.0 Å². The Morgan fingerprint density at radius 1 is 1.14 bits per heavy atom. The molecule has 2 heterocycles. The van der Waals surface area contributed by atoms with Gasteiger partial charge in [0.05, 0.1) is 16.6 Å². The number of amides is 1. The standard InChI is InChI=1S/C21H20F3N3O/c1-2-10-26-18-9-4-3-8-17(18)25-20(26)14-11-19(28)27(13-14)16-7-5-6-15(12-16)21(22,23)24/h3-9,12,14H,2,10-11,13H2,1H3/t14-/m1/s1. The number of alkyl halides is 3. The van der Waals surface area contributed by atoms with Gasteiger partial charge in [0.25, 0.3) is 0 Å². The Labute approximate surface area is 160 Å². The third-order valence-electron chi connectivity index (χ3n) is 5.11. The monoisotopic (exact) mass is 387 g/mol. The van der Waals surface area contributed by atoms with Crippen LogP contribution >= 0.6 is 0 Å². The van der Waals surface area contributed by atoms with E-state index in [9.17, 15) is 18.0 Å². The lowest BCUT2D eigenvalue weighted by Crippen LogP contribution is -2.25. The molecule has 1 fully saturated rings. The number of aromatic nitrogens is 2. The molecule has 0 N–H and O–H groups in total. The van der Waals surface area contributed by atoms with Crippen LogP contribution in [0.15, 0.2) is 48.5 Å². The van der Waals surface area contributed by atoms with Crippen molar-refractivity contribution >= 4 is 22.6 Å². The molecule has 0 radical (unpaired) electrons. The van der Waals surface area contributed by atoms with Crippen LogP contribution in [0.2, 0.25) is 0 Å². The van der Waals surface area contributed by atoms with Crippen molar-refractivity contribution in [3.8, 4) is 0 Å². The Kier molecular flexibility index (Phi) is 4.61. The normalized spacial score (nSPS) is 17.6. The topological polar surface area (TPSA) is 38.1 Å². The molecule has 1 saturated heterocycles. The van der Waals surface area contributed by atoms with Crippen LogP contribution in [0.1, 0.15) is 37.1 Å². The Bertz CT molecular complexity index is 1030. The number of benzene rings is 2. The first-order valence-electron chi connectivity index (χ1n) is 9.31. The summed E-state index contributed by atoms with van der Waals surface area (Å²) in [4.78, 5) is 18.8. The summed E-state index contributed by atoms with van der Waals surface area (Å²) in [6.07, 6.45) is -3.28. The molecule has 1 amide bonds. The number of anilines is 1. The highest BCUT2D eigenvalue weighted by Gasteiger charge is 2.36. The minimum absolute atomic E-state index is 0.152. The summed E-state index contributed by atoms with van der Waals surface area (Å²) in [5.41, 5.74) is 1.42. The van der Waals surface area contributed by atoms with E-state index >= 15 is 0 Å². The molecule has 1 aromatic heterocycles. The fraction of sp³-hybridized carbons (Fsp3) is 0.333. The Hall–Kier alpha value is -2.83. The highest BCUT2D eigenvalue weighted by molar-refractivity contribution is 5.96. The van der Waals surface area contributed by atoms with Crippen LogP contribution in [-0.2, 0) is 17.5 Å². The lowest BCUT2D eigenvalue weighted by molar-refractivity contribution is -0.137. The molecule has 0 saturated carbocycles. The van der Waals surface area contributed by atoms with Crippen LogP contribution in [0.4, 0.5) is 18.9 Å². The van der Waals surface area contributed by atoms with Gasteiger partial charge in [0.1, 0.15) is 5.82 Å². The van der Waals surface area contributed by atoms with Gasteiger partial charge < -0.3 is 9.47 Å². The molecule has 0 spiro atoms. The summed E-state index contributed by atoms with van der Waals surface area (Å²) < 4.78 is 41.2. The van der Waals surface area contributed by atoms with Crippen molar-refractivity contribution in [3.63, 3.8) is 0 Å². The molecule has 3 aromatic rings. The van der Waals surface area contributed by atoms with Gasteiger partial charge in [0, 0.05) is 31.1 Å². The van der Waals surface area contributed by atoms with Crippen molar-refractivity contribution in [3.05, 3.63) is 59.9 Å². The zero-order chi connectivity index (χ0) is 19.9. The van der Waals surface area contributed by atoms with Gasteiger partial charge in [-0.2, -0.15) is 13.2 Å². The quantitative estimate of drug-likeness (QED) is 0.633. The second kappa shape index (κ2) is 6.96. The average Bonchev–Trinajstić information content (AvgIpc) is 3.22. The summed E-state index contributed by atoms with van der Waals surface area (Å²) in [5, 5.41) is 0. The Balaban J connectivity index is 1.68. The Morgan fingerprint density at radius 3 is 2.68 bits per heavy atom. The molecular formula is C21H20F3N3O. The third-order valence-corrected chi connectivity index (χ3v) is 5.11. The van der Waals surface area contributed by atoms with Gasteiger partial charge in [-0.05, 0) is 36.8 Å². The van der Waals surface area contributed by atoms with E-state index in [1.54, 1.807) is 6.07 Å². The number of rotatable bonds is 4. The molecular weight excluding hydrogens is 367 g/mol. The first kappa shape index (κ1) is 18.5.